The summed E-state index contributed by atoms with van der Waals surface area (Å²) in [5.74, 6) is 0.0750. The summed E-state index contributed by atoms with van der Waals surface area (Å²) < 4.78 is 28.0. The third kappa shape index (κ3) is 2.22. The Kier molecular flexibility index (Phi) is 3.09. The molecule has 0 saturated carbocycles. The van der Waals surface area contributed by atoms with Crippen LogP contribution in [-0.4, -0.2) is 47.8 Å². The second-order valence-electron chi connectivity index (χ2n) is 5.73. The van der Waals surface area contributed by atoms with E-state index >= 15 is 0 Å². The maximum Gasteiger partial charge on any atom is 0.262 e. The molecule has 0 unspecified atom stereocenters. The van der Waals surface area contributed by atoms with Gasteiger partial charge in [0.15, 0.2) is 5.03 Å². The standard InChI is InChI=1S/C12H18N4O3S/c1-15-7-11(14-9-15)20(18,19)16-4-2-12(3-5-16)6-10(17)13-8-12/h7,9H,2-6,8H2,1H3,(H,13,17). The summed E-state index contributed by atoms with van der Waals surface area (Å²) in [6.45, 7) is 1.57. The Labute approximate surface area is 118 Å². The van der Waals surface area contributed by atoms with Crippen LogP contribution in [0.1, 0.15) is 19.3 Å². The fourth-order valence-corrected chi connectivity index (χ4v) is 4.37. The minimum atomic E-state index is -3.50. The number of imidazole rings is 1. The van der Waals surface area contributed by atoms with Gasteiger partial charge in [-0.3, -0.25) is 4.79 Å². The van der Waals surface area contributed by atoms with Gasteiger partial charge >= 0.3 is 0 Å². The van der Waals surface area contributed by atoms with Crippen LogP contribution in [0.3, 0.4) is 0 Å². The van der Waals surface area contributed by atoms with Crippen molar-refractivity contribution in [3.8, 4) is 0 Å². The van der Waals surface area contributed by atoms with Crippen molar-refractivity contribution < 1.29 is 13.2 Å². The van der Waals surface area contributed by atoms with E-state index in [2.05, 4.69) is 10.3 Å². The number of nitrogens with zero attached hydrogens (tertiary/aromatic N) is 3. The lowest BCUT2D eigenvalue weighted by molar-refractivity contribution is -0.119. The lowest BCUT2D eigenvalue weighted by Crippen LogP contribution is -2.44. The monoisotopic (exact) mass is 298 g/mol. The van der Waals surface area contributed by atoms with Gasteiger partial charge in [0.1, 0.15) is 0 Å². The minimum Gasteiger partial charge on any atom is -0.356 e. The van der Waals surface area contributed by atoms with Gasteiger partial charge in [0.2, 0.25) is 5.91 Å². The molecule has 0 bridgehead atoms. The van der Waals surface area contributed by atoms with Gasteiger partial charge < -0.3 is 9.88 Å². The molecule has 1 spiro atoms. The third-order valence-electron chi connectivity index (χ3n) is 4.26. The van der Waals surface area contributed by atoms with Crippen LogP contribution in [0, 0.1) is 5.41 Å². The Hall–Kier alpha value is -1.41. The fraction of sp³-hybridized carbons (Fsp3) is 0.667. The summed E-state index contributed by atoms with van der Waals surface area (Å²) in [6, 6.07) is 0. The number of rotatable bonds is 2. The molecule has 0 atom stereocenters. The summed E-state index contributed by atoms with van der Waals surface area (Å²) in [7, 11) is -1.76. The summed E-state index contributed by atoms with van der Waals surface area (Å²) in [5, 5.41) is 2.94. The fourth-order valence-electron chi connectivity index (χ4n) is 2.96. The molecule has 2 aliphatic heterocycles. The maximum absolute atomic E-state index is 12.4. The zero-order valence-corrected chi connectivity index (χ0v) is 12.2. The molecule has 2 aliphatic rings. The number of sulfonamides is 1. The first kappa shape index (κ1) is 13.6. The molecule has 1 amide bonds. The van der Waals surface area contributed by atoms with Crippen LogP contribution in [0.5, 0.6) is 0 Å². The van der Waals surface area contributed by atoms with Crippen LogP contribution in [-0.2, 0) is 21.9 Å². The van der Waals surface area contributed by atoms with E-state index in [4.69, 9.17) is 0 Å². The van der Waals surface area contributed by atoms with E-state index in [1.54, 1.807) is 11.6 Å². The number of nitrogens with one attached hydrogen (secondary N) is 1. The summed E-state index contributed by atoms with van der Waals surface area (Å²) in [6.07, 6.45) is 4.96. The highest BCUT2D eigenvalue weighted by atomic mass is 32.2. The topological polar surface area (TPSA) is 84.3 Å². The average Bonchev–Trinajstić information content (AvgIpc) is 2.98. The van der Waals surface area contributed by atoms with Gasteiger partial charge in [-0.15, -0.1) is 0 Å². The largest absolute Gasteiger partial charge is 0.356 e. The van der Waals surface area contributed by atoms with E-state index in [-0.39, 0.29) is 16.3 Å². The molecule has 1 aromatic heterocycles. The van der Waals surface area contributed by atoms with Crippen molar-refractivity contribution >= 4 is 15.9 Å². The lowest BCUT2D eigenvalue weighted by Gasteiger charge is -2.37. The van der Waals surface area contributed by atoms with Gasteiger partial charge in [-0.2, -0.15) is 4.31 Å². The molecule has 7 nitrogen and oxygen atoms in total. The Bertz CT molecular complexity index is 629. The maximum atomic E-state index is 12.4. The number of aromatic nitrogens is 2. The number of hydrogen-bond donors (Lipinski definition) is 1. The van der Waals surface area contributed by atoms with Crippen LogP contribution in [0.25, 0.3) is 0 Å². The molecular formula is C12H18N4O3S. The molecule has 2 saturated heterocycles. The van der Waals surface area contributed by atoms with E-state index in [9.17, 15) is 13.2 Å². The molecule has 3 heterocycles. The summed E-state index contributed by atoms with van der Waals surface area (Å²) >= 11 is 0. The van der Waals surface area contributed by atoms with Crippen LogP contribution in [0.4, 0.5) is 0 Å². The van der Waals surface area contributed by atoms with Gasteiger partial charge in [-0.1, -0.05) is 0 Å². The predicted molar refractivity (Wildman–Crippen MR) is 71.3 cm³/mol. The minimum absolute atomic E-state index is 0.0484. The van der Waals surface area contributed by atoms with Gasteiger partial charge in [0.05, 0.1) is 6.33 Å². The zero-order chi connectivity index (χ0) is 14.4. The van der Waals surface area contributed by atoms with Crippen LogP contribution >= 0.6 is 0 Å². The first-order valence-electron chi connectivity index (χ1n) is 6.66. The number of piperidine rings is 1. The van der Waals surface area contributed by atoms with Crippen molar-refractivity contribution in [3.63, 3.8) is 0 Å². The Morgan fingerprint density at radius 2 is 2.05 bits per heavy atom. The van der Waals surface area contributed by atoms with Crippen molar-refractivity contribution in [1.82, 2.24) is 19.2 Å². The second kappa shape index (κ2) is 4.56. The van der Waals surface area contributed by atoms with E-state index < -0.39 is 10.0 Å². The highest BCUT2D eigenvalue weighted by Gasteiger charge is 2.43. The molecule has 2 fully saturated rings. The van der Waals surface area contributed by atoms with Gasteiger partial charge in [-0.25, -0.2) is 13.4 Å². The predicted octanol–water partition coefficient (Wildman–Crippen LogP) is -0.289. The second-order valence-corrected chi connectivity index (χ2v) is 7.62. The van der Waals surface area contributed by atoms with E-state index in [1.165, 1.54) is 16.8 Å². The molecule has 1 aromatic rings. The number of aryl methyl sites for hydroxylation is 1. The van der Waals surface area contributed by atoms with Crippen molar-refractivity contribution in [2.45, 2.75) is 24.3 Å². The lowest BCUT2D eigenvalue weighted by atomic mass is 9.78. The van der Waals surface area contributed by atoms with Crippen LogP contribution in [0.15, 0.2) is 17.6 Å². The van der Waals surface area contributed by atoms with Gasteiger partial charge in [0.25, 0.3) is 10.0 Å². The molecule has 0 aromatic carbocycles. The Morgan fingerprint density at radius 3 is 2.55 bits per heavy atom. The molecule has 0 radical (unpaired) electrons. The SMILES string of the molecule is Cn1cnc(S(=O)(=O)N2CCC3(CC2)CNC(=O)C3)c1. The molecular weight excluding hydrogens is 280 g/mol. The average molecular weight is 298 g/mol. The summed E-state index contributed by atoms with van der Waals surface area (Å²) in [4.78, 5) is 15.3. The molecule has 3 rings (SSSR count). The number of amides is 1. The quantitative estimate of drug-likeness (QED) is 0.813. The normalized spacial score (nSPS) is 23.1. The van der Waals surface area contributed by atoms with E-state index in [0.29, 0.717) is 26.1 Å². The van der Waals surface area contributed by atoms with E-state index in [0.717, 1.165) is 12.8 Å². The van der Waals surface area contributed by atoms with Crippen molar-refractivity contribution in [1.29, 1.82) is 0 Å². The van der Waals surface area contributed by atoms with Crippen LogP contribution in [0.2, 0.25) is 0 Å². The van der Waals surface area contributed by atoms with E-state index in [1.807, 2.05) is 0 Å². The van der Waals surface area contributed by atoms with Crippen LogP contribution < -0.4 is 5.32 Å². The zero-order valence-electron chi connectivity index (χ0n) is 11.4. The first-order valence-corrected chi connectivity index (χ1v) is 8.10. The Morgan fingerprint density at radius 1 is 1.35 bits per heavy atom. The molecule has 0 aliphatic carbocycles. The van der Waals surface area contributed by atoms with Crippen molar-refractivity contribution in [3.05, 3.63) is 12.5 Å². The molecule has 20 heavy (non-hydrogen) atoms. The van der Waals surface area contributed by atoms with Crippen molar-refractivity contribution in [2.75, 3.05) is 19.6 Å². The number of carbonyl (C=O) groups excluding carboxylic acids is 1. The smallest absolute Gasteiger partial charge is 0.262 e. The van der Waals surface area contributed by atoms with Crippen molar-refractivity contribution in [2.24, 2.45) is 12.5 Å². The third-order valence-corrected chi connectivity index (χ3v) is 6.05. The summed E-state index contributed by atoms with van der Waals surface area (Å²) in [5.41, 5.74) is -0.0484. The highest BCUT2D eigenvalue weighted by Crippen LogP contribution is 2.38. The Balaban J connectivity index is 1.73. The highest BCUT2D eigenvalue weighted by molar-refractivity contribution is 7.89. The molecule has 1 N–H and O–H groups in total. The van der Waals surface area contributed by atoms with Gasteiger partial charge in [0, 0.05) is 39.3 Å². The van der Waals surface area contributed by atoms with Gasteiger partial charge in [-0.05, 0) is 18.3 Å². The number of hydrogen-bond acceptors (Lipinski definition) is 4. The first-order chi connectivity index (χ1) is 9.41. The molecule has 8 heteroatoms. The molecule has 110 valence electrons. The number of carbonyl (C=O) groups is 1.